The summed E-state index contributed by atoms with van der Waals surface area (Å²) in [4.78, 5) is 14.2. The summed E-state index contributed by atoms with van der Waals surface area (Å²) in [6.45, 7) is 5.69. The molecule has 1 atom stereocenters. The normalized spacial score (nSPS) is 15.6. The molecule has 0 saturated carbocycles. The summed E-state index contributed by atoms with van der Waals surface area (Å²) in [5.41, 5.74) is 1.94. The van der Waals surface area contributed by atoms with E-state index in [9.17, 15) is 13.6 Å². The minimum Gasteiger partial charge on any atom is -0.348 e. The lowest BCUT2D eigenvalue weighted by Gasteiger charge is -2.22. The van der Waals surface area contributed by atoms with Gasteiger partial charge in [0.25, 0.3) is 0 Å². The summed E-state index contributed by atoms with van der Waals surface area (Å²) < 4.78 is 32.5. The molecule has 0 radical (unpaired) electrons. The molecular weight excluding hydrogens is 378 g/mol. The second-order valence-corrected chi connectivity index (χ2v) is 6.98. The molecule has 1 N–H and O–H groups in total. The lowest BCUT2D eigenvalue weighted by atomic mass is 10.1. The highest BCUT2D eigenvalue weighted by Crippen LogP contribution is 2.18. The Balaban J connectivity index is 1.62. The van der Waals surface area contributed by atoms with E-state index in [4.69, 9.17) is 4.74 Å². The van der Waals surface area contributed by atoms with Crippen molar-refractivity contribution >= 4 is 17.4 Å². The van der Waals surface area contributed by atoms with E-state index in [0.717, 1.165) is 0 Å². The van der Waals surface area contributed by atoms with Gasteiger partial charge in [0.15, 0.2) is 0 Å². The average Bonchev–Trinajstić information content (AvgIpc) is 2.86. The Morgan fingerprint density at radius 1 is 1.17 bits per heavy atom. The average molecular weight is 402 g/mol. The number of nitrogens with one attached hydrogen (secondary N) is 1. The molecule has 0 saturated heterocycles. The summed E-state index contributed by atoms with van der Waals surface area (Å²) >= 11 is 0. The Morgan fingerprint density at radius 2 is 1.90 bits per heavy atom. The molecule has 0 aliphatic carbocycles. The van der Waals surface area contributed by atoms with Crippen LogP contribution in [0, 0.1) is 18.6 Å². The van der Waals surface area contributed by atoms with Gasteiger partial charge in [0.05, 0.1) is 11.7 Å². The van der Waals surface area contributed by atoms with Crippen LogP contribution >= 0.6 is 0 Å². The van der Waals surface area contributed by atoms with E-state index < -0.39 is 0 Å². The Bertz CT molecular complexity index is 902. The standard InChI is InChI=1S/C21H24F2N4O2/c1-14-4-5-17(10-20(14)23)15(2)24-21(28)11-26-12-29-13-27(25-16(26)3)19-8-6-18(22)7-9-19/h4-10,15H,11-13H2,1-3H3,(H,24,28)/t15-/m0/s1. The molecular formula is C21H24F2N4O2. The topological polar surface area (TPSA) is 57.2 Å². The largest absolute Gasteiger partial charge is 0.348 e. The summed E-state index contributed by atoms with van der Waals surface area (Å²) in [6.07, 6.45) is 0. The number of carbonyl (C=O) groups excluding carboxylic acids is 1. The first kappa shape index (κ1) is 20.7. The SMILES string of the molecule is CC1=NN(c2ccc(F)cc2)COCN1CC(=O)N[C@@H](C)c1ccc(C)c(F)c1. The van der Waals surface area contributed by atoms with Crippen LogP contribution < -0.4 is 10.3 Å². The summed E-state index contributed by atoms with van der Waals surface area (Å²) in [5.74, 6) is -0.262. The lowest BCUT2D eigenvalue weighted by molar-refractivity contribution is -0.123. The molecule has 8 heteroatoms. The van der Waals surface area contributed by atoms with Crippen molar-refractivity contribution in [3.05, 3.63) is 65.2 Å². The lowest BCUT2D eigenvalue weighted by Crippen LogP contribution is -2.41. The Morgan fingerprint density at radius 3 is 2.59 bits per heavy atom. The number of ether oxygens (including phenoxy) is 1. The van der Waals surface area contributed by atoms with E-state index in [1.807, 2.05) is 0 Å². The zero-order chi connectivity index (χ0) is 21.0. The van der Waals surface area contributed by atoms with Crippen molar-refractivity contribution in [1.82, 2.24) is 10.2 Å². The van der Waals surface area contributed by atoms with Gasteiger partial charge in [-0.2, -0.15) is 5.10 Å². The van der Waals surface area contributed by atoms with E-state index in [1.54, 1.807) is 54.9 Å². The van der Waals surface area contributed by atoms with Crippen molar-refractivity contribution in [3.8, 4) is 0 Å². The number of hydrazone groups is 1. The second-order valence-electron chi connectivity index (χ2n) is 6.98. The second kappa shape index (κ2) is 9.00. The first-order valence-corrected chi connectivity index (χ1v) is 9.30. The van der Waals surface area contributed by atoms with Crippen LogP contribution in [0.15, 0.2) is 47.6 Å². The third-order valence-electron chi connectivity index (χ3n) is 4.72. The quantitative estimate of drug-likeness (QED) is 0.831. The van der Waals surface area contributed by atoms with E-state index in [2.05, 4.69) is 10.4 Å². The number of anilines is 1. The fraction of sp³-hybridized carbons (Fsp3) is 0.333. The van der Waals surface area contributed by atoms with Gasteiger partial charge in [-0.3, -0.25) is 4.79 Å². The molecule has 154 valence electrons. The van der Waals surface area contributed by atoms with Crippen LogP contribution in [0.4, 0.5) is 14.5 Å². The van der Waals surface area contributed by atoms with Gasteiger partial charge < -0.3 is 15.0 Å². The Hall–Kier alpha value is -3.00. The van der Waals surface area contributed by atoms with Crippen LogP contribution in [0.1, 0.15) is 31.0 Å². The number of halogens is 2. The fourth-order valence-electron chi connectivity index (χ4n) is 2.93. The molecule has 1 aliphatic heterocycles. The predicted octanol–water partition coefficient (Wildman–Crippen LogP) is 3.54. The van der Waals surface area contributed by atoms with E-state index in [-0.39, 0.29) is 43.6 Å². The van der Waals surface area contributed by atoms with Gasteiger partial charge >= 0.3 is 0 Å². The van der Waals surface area contributed by atoms with E-state index >= 15 is 0 Å². The van der Waals surface area contributed by atoms with Crippen LogP contribution in [0.5, 0.6) is 0 Å². The minimum absolute atomic E-state index is 0.0469. The fourth-order valence-corrected chi connectivity index (χ4v) is 2.93. The molecule has 0 spiro atoms. The number of aryl methyl sites for hydroxylation is 1. The predicted molar refractivity (Wildman–Crippen MR) is 107 cm³/mol. The number of rotatable bonds is 5. The highest BCUT2D eigenvalue weighted by atomic mass is 19.1. The van der Waals surface area contributed by atoms with Crippen molar-refractivity contribution in [2.45, 2.75) is 26.8 Å². The molecule has 1 heterocycles. The number of benzene rings is 2. The number of nitrogens with zero attached hydrogens (tertiary/aromatic N) is 3. The zero-order valence-electron chi connectivity index (χ0n) is 16.7. The van der Waals surface area contributed by atoms with E-state index in [0.29, 0.717) is 22.6 Å². The van der Waals surface area contributed by atoms with Gasteiger partial charge in [-0.1, -0.05) is 12.1 Å². The summed E-state index contributed by atoms with van der Waals surface area (Å²) in [6, 6.07) is 10.5. The smallest absolute Gasteiger partial charge is 0.240 e. The van der Waals surface area contributed by atoms with Crippen molar-refractivity contribution in [1.29, 1.82) is 0 Å². The number of amides is 1. The van der Waals surface area contributed by atoms with Gasteiger partial charge in [-0.15, -0.1) is 0 Å². The molecule has 0 bridgehead atoms. The first-order valence-electron chi connectivity index (χ1n) is 9.30. The maximum atomic E-state index is 13.8. The van der Waals surface area contributed by atoms with Crippen LogP contribution in [0.25, 0.3) is 0 Å². The molecule has 2 aromatic rings. The van der Waals surface area contributed by atoms with E-state index in [1.165, 1.54) is 18.2 Å². The van der Waals surface area contributed by atoms with Crippen LogP contribution in [-0.2, 0) is 9.53 Å². The molecule has 1 aliphatic rings. The number of hydrogen-bond acceptors (Lipinski definition) is 5. The third kappa shape index (κ3) is 5.29. The van der Waals surface area contributed by atoms with Crippen LogP contribution in [0.3, 0.4) is 0 Å². The molecule has 0 fully saturated rings. The maximum absolute atomic E-state index is 13.8. The van der Waals surface area contributed by atoms with Gasteiger partial charge in [-0.05, 0) is 62.2 Å². The molecule has 6 nitrogen and oxygen atoms in total. The molecule has 0 aromatic heterocycles. The van der Waals surface area contributed by atoms with Gasteiger partial charge in [0.1, 0.15) is 37.5 Å². The summed E-state index contributed by atoms with van der Waals surface area (Å²) in [7, 11) is 0. The van der Waals surface area contributed by atoms with Gasteiger partial charge in [0.2, 0.25) is 5.91 Å². The zero-order valence-corrected chi connectivity index (χ0v) is 16.7. The third-order valence-corrected chi connectivity index (χ3v) is 4.72. The number of amidine groups is 1. The van der Waals surface area contributed by atoms with Crippen molar-refractivity contribution < 1.29 is 18.3 Å². The highest BCUT2D eigenvalue weighted by molar-refractivity contribution is 5.87. The molecule has 1 amide bonds. The highest BCUT2D eigenvalue weighted by Gasteiger charge is 2.20. The Kier molecular flexibility index (Phi) is 6.43. The number of hydrogen-bond donors (Lipinski definition) is 1. The molecule has 2 aromatic carbocycles. The maximum Gasteiger partial charge on any atom is 0.240 e. The van der Waals surface area contributed by atoms with Gasteiger partial charge in [-0.25, -0.2) is 13.8 Å². The van der Waals surface area contributed by atoms with Crippen molar-refractivity contribution in [2.24, 2.45) is 5.10 Å². The monoisotopic (exact) mass is 402 g/mol. The van der Waals surface area contributed by atoms with Gasteiger partial charge in [0, 0.05) is 0 Å². The number of carbonyl (C=O) groups is 1. The molecule has 29 heavy (non-hydrogen) atoms. The van der Waals surface area contributed by atoms with Crippen LogP contribution in [0.2, 0.25) is 0 Å². The minimum atomic E-state index is -0.335. The summed E-state index contributed by atoms with van der Waals surface area (Å²) in [5, 5.41) is 8.94. The molecule has 0 unspecified atom stereocenters. The van der Waals surface area contributed by atoms with Crippen molar-refractivity contribution in [3.63, 3.8) is 0 Å². The molecule has 3 rings (SSSR count). The Labute approximate surface area is 168 Å². The first-order chi connectivity index (χ1) is 13.8. The van der Waals surface area contributed by atoms with Crippen molar-refractivity contribution in [2.75, 3.05) is 25.0 Å². The van der Waals surface area contributed by atoms with Crippen LogP contribution in [-0.4, -0.2) is 36.6 Å².